The summed E-state index contributed by atoms with van der Waals surface area (Å²) in [5, 5.41) is 10.0. The van der Waals surface area contributed by atoms with Gasteiger partial charge in [0.25, 0.3) is 0 Å². The molecule has 0 bridgehead atoms. The lowest BCUT2D eigenvalue weighted by molar-refractivity contribution is -0.137. The van der Waals surface area contributed by atoms with Crippen molar-refractivity contribution in [3.63, 3.8) is 0 Å². The fourth-order valence-electron chi connectivity index (χ4n) is 2.60. The van der Waals surface area contributed by atoms with Crippen LogP contribution in [0.4, 0.5) is 23.7 Å². The van der Waals surface area contributed by atoms with Gasteiger partial charge < -0.3 is 10.6 Å². The Morgan fingerprint density at radius 1 is 1.30 bits per heavy atom. The van der Waals surface area contributed by atoms with E-state index in [-0.39, 0.29) is 0 Å². The molecule has 8 heteroatoms. The fourth-order valence-corrected chi connectivity index (χ4v) is 2.60. The van der Waals surface area contributed by atoms with Crippen LogP contribution in [0.15, 0.2) is 24.3 Å². The van der Waals surface area contributed by atoms with Gasteiger partial charge in [-0.2, -0.15) is 23.0 Å². The van der Waals surface area contributed by atoms with Crippen LogP contribution in [0.1, 0.15) is 22.5 Å². The van der Waals surface area contributed by atoms with Gasteiger partial charge in [-0.3, -0.25) is 0 Å². The molecule has 0 saturated heterocycles. The third-order valence-corrected chi connectivity index (χ3v) is 3.79. The predicted octanol–water partition coefficient (Wildman–Crippen LogP) is 2.94. The van der Waals surface area contributed by atoms with E-state index in [2.05, 4.69) is 15.7 Å². The van der Waals surface area contributed by atoms with E-state index < -0.39 is 17.8 Å². The lowest BCUT2D eigenvalue weighted by Crippen LogP contribution is -2.28. The van der Waals surface area contributed by atoms with Crippen LogP contribution in [0.3, 0.4) is 0 Å². The molecule has 1 aromatic heterocycles. The number of rotatable bonds is 1. The lowest BCUT2D eigenvalue weighted by Gasteiger charge is -2.15. The molecule has 2 heterocycles. The Balaban J connectivity index is 1.80. The summed E-state index contributed by atoms with van der Waals surface area (Å²) in [5.74, 6) is 0. The monoisotopic (exact) mass is 324 g/mol. The molecule has 0 fully saturated rings. The van der Waals surface area contributed by atoms with Crippen molar-refractivity contribution in [2.75, 3.05) is 11.9 Å². The van der Waals surface area contributed by atoms with Crippen LogP contribution in [0.25, 0.3) is 0 Å². The molecule has 0 spiro atoms. The number of aromatic nitrogens is 2. The van der Waals surface area contributed by atoms with Crippen LogP contribution in [0.5, 0.6) is 0 Å². The Labute approximate surface area is 130 Å². The number of alkyl halides is 3. The molecule has 122 valence electrons. The average Bonchev–Trinajstić information content (AvgIpc) is 2.85. The van der Waals surface area contributed by atoms with Gasteiger partial charge in [-0.05, 0) is 31.2 Å². The molecule has 3 rings (SSSR count). The summed E-state index contributed by atoms with van der Waals surface area (Å²) in [4.78, 5) is 12.3. The van der Waals surface area contributed by atoms with Crippen molar-refractivity contribution in [3.8, 4) is 0 Å². The number of hydrogen-bond acceptors (Lipinski definition) is 3. The number of nitrogens with zero attached hydrogens (tertiary/aromatic N) is 2. The molecule has 2 N–H and O–H groups in total. The van der Waals surface area contributed by atoms with Gasteiger partial charge >= 0.3 is 12.2 Å². The minimum atomic E-state index is -4.40. The van der Waals surface area contributed by atoms with Crippen molar-refractivity contribution < 1.29 is 18.0 Å². The number of carbonyl (C=O) groups excluding carboxylic acids is 1. The highest BCUT2D eigenvalue weighted by molar-refractivity contribution is 5.91. The van der Waals surface area contributed by atoms with Crippen LogP contribution >= 0.6 is 0 Å². The first-order valence-electron chi connectivity index (χ1n) is 7.13. The highest BCUT2D eigenvalue weighted by atomic mass is 19.4. The van der Waals surface area contributed by atoms with Gasteiger partial charge in [-0.15, -0.1) is 0 Å². The third kappa shape index (κ3) is 3.07. The number of hydrogen-bond donors (Lipinski definition) is 2. The molecule has 2 aromatic rings. The molecular weight excluding hydrogens is 309 g/mol. The molecule has 0 radical (unpaired) electrons. The standard InChI is InChI=1S/C15H15F3N4O/c1-9-12-8-19-7-6-13(12)22(21-9)14(23)20-11-4-2-10(3-5-11)15(16,17)18/h2-5,19H,6-8H2,1H3,(H,20,23). The van der Waals surface area contributed by atoms with Crippen LogP contribution in [0.2, 0.25) is 0 Å². The minimum Gasteiger partial charge on any atom is -0.312 e. The van der Waals surface area contributed by atoms with E-state index in [1.54, 1.807) is 0 Å². The lowest BCUT2D eigenvalue weighted by atomic mass is 10.1. The van der Waals surface area contributed by atoms with Crippen LogP contribution in [-0.2, 0) is 19.1 Å². The second-order valence-corrected chi connectivity index (χ2v) is 5.35. The van der Waals surface area contributed by atoms with E-state index in [0.717, 1.165) is 35.6 Å². The predicted molar refractivity (Wildman–Crippen MR) is 78.2 cm³/mol. The van der Waals surface area contributed by atoms with E-state index in [9.17, 15) is 18.0 Å². The summed E-state index contributed by atoms with van der Waals surface area (Å²) in [6.45, 7) is 3.24. The van der Waals surface area contributed by atoms with Crippen molar-refractivity contribution in [1.29, 1.82) is 0 Å². The van der Waals surface area contributed by atoms with Gasteiger partial charge in [0.05, 0.1) is 17.0 Å². The Morgan fingerprint density at radius 2 is 2.00 bits per heavy atom. The number of fused-ring (bicyclic) bond motifs is 1. The third-order valence-electron chi connectivity index (χ3n) is 3.79. The van der Waals surface area contributed by atoms with Crippen molar-refractivity contribution in [1.82, 2.24) is 15.1 Å². The van der Waals surface area contributed by atoms with Crippen molar-refractivity contribution in [2.45, 2.75) is 26.1 Å². The maximum atomic E-state index is 12.5. The molecular formula is C15H15F3N4O. The Hall–Kier alpha value is -2.35. The molecule has 0 unspecified atom stereocenters. The maximum Gasteiger partial charge on any atom is 0.416 e. The quantitative estimate of drug-likeness (QED) is 0.848. The second-order valence-electron chi connectivity index (χ2n) is 5.35. The molecule has 1 amide bonds. The number of nitrogens with one attached hydrogen (secondary N) is 2. The molecule has 23 heavy (non-hydrogen) atoms. The van der Waals surface area contributed by atoms with Gasteiger partial charge in [0, 0.05) is 30.8 Å². The number of amides is 1. The molecule has 0 aliphatic carbocycles. The SMILES string of the molecule is Cc1nn(C(=O)Nc2ccc(C(F)(F)F)cc2)c2c1CNCC2. The first-order chi connectivity index (χ1) is 10.9. The molecule has 1 aromatic carbocycles. The second kappa shape index (κ2) is 5.69. The van der Waals surface area contributed by atoms with Crippen molar-refractivity contribution >= 4 is 11.7 Å². The smallest absolute Gasteiger partial charge is 0.312 e. The number of halogens is 3. The van der Waals surface area contributed by atoms with Crippen molar-refractivity contribution in [3.05, 3.63) is 46.8 Å². The highest BCUT2D eigenvalue weighted by Gasteiger charge is 2.30. The van der Waals surface area contributed by atoms with Crippen LogP contribution in [0, 0.1) is 6.92 Å². The number of carbonyl (C=O) groups is 1. The molecule has 0 saturated carbocycles. The summed E-state index contributed by atoms with van der Waals surface area (Å²) < 4.78 is 38.9. The first kappa shape index (κ1) is 15.5. The van der Waals surface area contributed by atoms with Gasteiger partial charge in [0.15, 0.2) is 0 Å². The van der Waals surface area contributed by atoms with E-state index in [4.69, 9.17) is 0 Å². The number of aryl methyl sites for hydroxylation is 1. The minimum absolute atomic E-state index is 0.291. The average molecular weight is 324 g/mol. The van der Waals surface area contributed by atoms with Gasteiger partial charge in [0.1, 0.15) is 0 Å². The van der Waals surface area contributed by atoms with E-state index >= 15 is 0 Å². The highest BCUT2D eigenvalue weighted by Crippen LogP contribution is 2.29. The Bertz CT molecular complexity index is 734. The van der Waals surface area contributed by atoms with Crippen LogP contribution < -0.4 is 10.6 Å². The molecule has 5 nitrogen and oxygen atoms in total. The summed E-state index contributed by atoms with van der Waals surface area (Å²) in [6.07, 6.45) is -3.72. The van der Waals surface area contributed by atoms with Gasteiger partial charge in [-0.1, -0.05) is 0 Å². The summed E-state index contributed by atoms with van der Waals surface area (Å²) in [6, 6.07) is 3.85. The zero-order valence-electron chi connectivity index (χ0n) is 12.4. The largest absolute Gasteiger partial charge is 0.416 e. The maximum absolute atomic E-state index is 12.5. The zero-order chi connectivity index (χ0) is 16.6. The van der Waals surface area contributed by atoms with Crippen LogP contribution in [-0.4, -0.2) is 22.4 Å². The van der Waals surface area contributed by atoms with E-state index in [1.807, 2.05) is 6.92 Å². The topological polar surface area (TPSA) is 59.0 Å². The summed E-state index contributed by atoms with van der Waals surface area (Å²) in [5.41, 5.74) is 2.15. The van der Waals surface area contributed by atoms with Crippen molar-refractivity contribution in [2.24, 2.45) is 0 Å². The molecule has 1 aliphatic heterocycles. The fraction of sp³-hybridized carbons (Fsp3) is 0.333. The van der Waals surface area contributed by atoms with E-state index in [0.29, 0.717) is 18.7 Å². The van der Waals surface area contributed by atoms with Gasteiger partial charge in [0.2, 0.25) is 0 Å². The molecule has 0 atom stereocenters. The van der Waals surface area contributed by atoms with E-state index in [1.165, 1.54) is 16.8 Å². The Morgan fingerprint density at radius 3 is 2.65 bits per heavy atom. The summed E-state index contributed by atoms with van der Waals surface area (Å²) in [7, 11) is 0. The first-order valence-corrected chi connectivity index (χ1v) is 7.13. The number of benzene rings is 1. The normalized spacial score (nSPS) is 14.4. The summed E-state index contributed by atoms with van der Waals surface area (Å²) >= 11 is 0. The molecule has 1 aliphatic rings. The zero-order valence-corrected chi connectivity index (χ0v) is 12.4. The number of anilines is 1. The van der Waals surface area contributed by atoms with Gasteiger partial charge in [-0.25, -0.2) is 4.79 Å². The Kier molecular flexibility index (Phi) is 3.85.